The lowest BCUT2D eigenvalue weighted by atomic mass is 10.2. The first-order valence-electron chi connectivity index (χ1n) is 6.82. The predicted octanol–water partition coefficient (Wildman–Crippen LogP) is 4.52. The molecule has 116 valence electrons. The predicted molar refractivity (Wildman–Crippen MR) is 101 cm³/mol. The molecule has 1 heterocycles. The van der Waals surface area contributed by atoms with E-state index in [1.54, 1.807) is 0 Å². The molecule has 23 heavy (non-hydrogen) atoms. The summed E-state index contributed by atoms with van der Waals surface area (Å²) in [5.41, 5.74) is 1.99. The van der Waals surface area contributed by atoms with Crippen LogP contribution in [0, 0.1) is 0 Å². The maximum Gasteiger partial charge on any atom is 0.263 e. The number of halogens is 1. The number of rotatable bonds is 4. The van der Waals surface area contributed by atoms with Gasteiger partial charge in [-0.05, 0) is 41.5 Å². The SMILES string of the molecule is O=C1NC(=S)S/C1=C/c1cccc(OCc2ccc(Br)cc2)c1. The van der Waals surface area contributed by atoms with Gasteiger partial charge in [-0.2, -0.15) is 0 Å². The molecule has 1 aliphatic rings. The second-order valence-corrected chi connectivity index (χ2v) is 7.47. The lowest BCUT2D eigenvalue weighted by Crippen LogP contribution is -2.17. The minimum atomic E-state index is -0.152. The summed E-state index contributed by atoms with van der Waals surface area (Å²) in [6.07, 6.45) is 1.81. The molecule has 0 bridgehead atoms. The van der Waals surface area contributed by atoms with Gasteiger partial charge in [-0.15, -0.1) is 0 Å². The minimum Gasteiger partial charge on any atom is -0.489 e. The summed E-state index contributed by atoms with van der Waals surface area (Å²) in [6, 6.07) is 15.6. The van der Waals surface area contributed by atoms with Gasteiger partial charge in [-0.3, -0.25) is 4.79 Å². The van der Waals surface area contributed by atoms with Gasteiger partial charge in [-0.25, -0.2) is 0 Å². The molecule has 0 aromatic heterocycles. The standard InChI is InChI=1S/C17H12BrNO2S2/c18-13-6-4-11(5-7-13)10-21-14-3-1-2-12(8-14)9-15-16(20)19-17(22)23-15/h1-9H,10H2,(H,19,20,22)/b15-9+. The number of thioether (sulfide) groups is 1. The van der Waals surface area contributed by atoms with Crippen LogP contribution in [0.3, 0.4) is 0 Å². The lowest BCUT2D eigenvalue weighted by Gasteiger charge is -2.07. The first kappa shape index (κ1) is 16.2. The highest BCUT2D eigenvalue weighted by Gasteiger charge is 2.21. The Morgan fingerprint density at radius 3 is 2.70 bits per heavy atom. The summed E-state index contributed by atoms with van der Waals surface area (Å²) in [7, 11) is 0. The summed E-state index contributed by atoms with van der Waals surface area (Å²) in [5.74, 6) is 0.606. The molecule has 0 radical (unpaired) electrons. The molecular formula is C17H12BrNO2S2. The van der Waals surface area contributed by atoms with Crippen LogP contribution < -0.4 is 10.1 Å². The van der Waals surface area contributed by atoms with Crippen molar-refractivity contribution in [2.45, 2.75) is 6.61 Å². The fourth-order valence-electron chi connectivity index (χ4n) is 2.01. The molecule has 1 N–H and O–H groups in total. The van der Waals surface area contributed by atoms with Crippen molar-refractivity contribution in [3.63, 3.8) is 0 Å². The topological polar surface area (TPSA) is 38.3 Å². The van der Waals surface area contributed by atoms with Crippen LogP contribution in [-0.2, 0) is 11.4 Å². The first-order chi connectivity index (χ1) is 11.1. The van der Waals surface area contributed by atoms with Crippen molar-refractivity contribution in [3.05, 3.63) is 69.0 Å². The molecule has 2 aromatic rings. The molecule has 3 nitrogen and oxygen atoms in total. The molecule has 1 amide bonds. The van der Waals surface area contributed by atoms with Crippen molar-refractivity contribution in [1.29, 1.82) is 0 Å². The van der Waals surface area contributed by atoms with E-state index in [2.05, 4.69) is 21.2 Å². The Kier molecular flexibility index (Phi) is 5.15. The molecular weight excluding hydrogens is 394 g/mol. The van der Waals surface area contributed by atoms with E-state index in [0.29, 0.717) is 15.8 Å². The number of hydrogen-bond acceptors (Lipinski definition) is 4. The quantitative estimate of drug-likeness (QED) is 0.599. The average molecular weight is 406 g/mol. The van der Waals surface area contributed by atoms with Crippen LogP contribution in [-0.4, -0.2) is 10.2 Å². The van der Waals surface area contributed by atoms with Crippen LogP contribution in [0.4, 0.5) is 0 Å². The van der Waals surface area contributed by atoms with E-state index in [1.807, 2.05) is 54.6 Å². The highest BCUT2D eigenvalue weighted by Crippen LogP contribution is 2.27. The normalized spacial score (nSPS) is 15.8. The van der Waals surface area contributed by atoms with E-state index in [4.69, 9.17) is 17.0 Å². The van der Waals surface area contributed by atoms with E-state index >= 15 is 0 Å². The molecule has 0 aliphatic carbocycles. The zero-order chi connectivity index (χ0) is 16.2. The Hall–Kier alpha value is -1.63. The van der Waals surface area contributed by atoms with Gasteiger partial charge >= 0.3 is 0 Å². The van der Waals surface area contributed by atoms with Gasteiger partial charge < -0.3 is 10.1 Å². The van der Waals surface area contributed by atoms with Gasteiger partial charge in [-0.1, -0.05) is 64.2 Å². The van der Waals surface area contributed by atoms with E-state index in [9.17, 15) is 4.79 Å². The number of ether oxygens (including phenoxy) is 1. The third kappa shape index (κ3) is 4.43. The van der Waals surface area contributed by atoms with Gasteiger partial charge in [0.25, 0.3) is 5.91 Å². The number of carbonyl (C=O) groups excluding carboxylic acids is 1. The van der Waals surface area contributed by atoms with Crippen LogP contribution in [0.15, 0.2) is 57.9 Å². The number of carbonyl (C=O) groups is 1. The second-order valence-electron chi connectivity index (χ2n) is 4.84. The lowest BCUT2D eigenvalue weighted by molar-refractivity contribution is -0.115. The fraction of sp³-hybridized carbons (Fsp3) is 0.0588. The Bertz CT molecular complexity index is 787. The van der Waals surface area contributed by atoms with Crippen LogP contribution in [0.25, 0.3) is 6.08 Å². The zero-order valence-electron chi connectivity index (χ0n) is 11.9. The Balaban J connectivity index is 1.70. The summed E-state index contributed by atoms with van der Waals surface area (Å²) in [6.45, 7) is 0.493. The number of hydrogen-bond donors (Lipinski definition) is 1. The van der Waals surface area contributed by atoms with Gasteiger partial charge in [0.1, 0.15) is 16.7 Å². The van der Waals surface area contributed by atoms with E-state index in [0.717, 1.165) is 21.3 Å². The van der Waals surface area contributed by atoms with Crippen molar-refractivity contribution in [2.24, 2.45) is 0 Å². The van der Waals surface area contributed by atoms with Crippen molar-refractivity contribution in [2.75, 3.05) is 0 Å². The second kappa shape index (κ2) is 7.29. The smallest absolute Gasteiger partial charge is 0.263 e. The number of thiocarbonyl (C=S) groups is 1. The van der Waals surface area contributed by atoms with E-state index in [-0.39, 0.29) is 5.91 Å². The third-order valence-electron chi connectivity index (χ3n) is 3.12. The molecule has 0 saturated carbocycles. The molecule has 0 unspecified atom stereocenters. The van der Waals surface area contributed by atoms with Crippen molar-refractivity contribution in [1.82, 2.24) is 5.32 Å². The molecule has 1 saturated heterocycles. The molecule has 1 fully saturated rings. The minimum absolute atomic E-state index is 0.152. The summed E-state index contributed by atoms with van der Waals surface area (Å²) < 4.78 is 7.34. The molecule has 3 rings (SSSR count). The van der Waals surface area contributed by atoms with Crippen molar-refractivity contribution in [3.8, 4) is 5.75 Å². The summed E-state index contributed by atoms with van der Waals surface area (Å²) in [4.78, 5) is 12.3. The van der Waals surface area contributed by atoms with Gasteiger partial charge in [0.15, 0.2) is 0 Å². The van der Waals surface area contributed by atoms with E-state index in [1.165, 1.54) is 11.8 Å². The van der Waals surface area contributed by atoms with Gasteiger partial charge in [0, 0.05) is 4.47 Å². The van der Waals surface area contributed by atoms with Crippen molar-refractivity contribution >= 4 is 56.2 Å². The molecule has 6 heteroatoms. The zero-order valence-corrected chi connectivity index (χ0v) is 15.1. The highest BCUT2D eigenvalue weighted by molar-refractivity contribution is 9.10. The van der Waals surface area contributed by atoms with Crippen LogP contribution in [0.2, 0.25) is 0 Å². The van der Waals surface area contributed by atoms with Crippen LogP contribution in [0.1, 0.15) is 11.1 Å². The Morgan fingerprint density at radius 2 is 2.00 bits per heavy atom. The monoisotopic (exact) mass is 405 g/mol. The van der Waals surface area contributed by atoms with E-state index < -0.39 is 0 Å². The van der Waals surface area contributed by atoms with Gasteiger partial charge in [0.05, 0.1) is 4.91 Å². The summed E-state index contributed by atoms with van der Waals surface area (Å²) in [5, 5.41) is 2.61. The number of amides is 1. The fourth-order valence-corrected chi connectivity index (χ4v) is 3.32. The summed E-state index contributed by atoms with van der Waals surface area (Å²) >= 11 is 9.67. The molecule has 0 atom stereocenters. The third-order valence-corrected chi connectivity index (χ3v) is 4.81. The Morgan fingerprint density at radius 1 is 1.22 bits per heavy atom. The number of benzene rings is 2. The van der Waals surface area contributed by atoms with Crippen LogP contribution in [0.5, 0.6) is 5.75 Å². The van der Waals surface area contributed by atoms with Gasteiger partial charge in [0.2, 0.25) is 0 Å². The average Bonchev–Trinajstić information content (AvgIpc) is 2.85. The Labute approximate surface area is 152 Å². The molecule has 1 aliphatic heterocycles. The maximum absolute atomic E-state index is 11.7. The molecule has 2 aromatic carbocycles. The van der Waals surface area contributed by atoms with Crippen molar-refractivity contribution < 1.29 is 9.53 Å². The van der Waals surface area contributed by atoms with Crippen LogP contribution >= 0.6 is 39.9 Å². The first-order valence-corrected chi connectivity index (χ1v) is 8.84. The highest BCUT2D eigenvalue weighted by atomic mass is 79.9. The molecule has 0 spiro atoms. The largest absolute Gasteiger partial charge is 0.489 e. The maximum atomic E-state index is 11.7. The number of nitrogens with one attached hydrogen (secondary N) is 1.